The number of nitrogens with one attached hydrogen (secondary N) is 2. The normalized spacial score (nSPS) is 11.7. The molecule has 18 heavy (non-hydrogen) atoms. The number of aliphatic hydroxyl groups excluding tert-OH is 1. The highest BCUT2D eigenvalue weighted by Crippen LogP contribution is 2.08. The summed E-state index contributed by atoms with van der Waals surface area (Å²) in [5.41, 5.74) is 0.855. The van der Waals surface area contributed by atoms with Crippen molar-refractivity contribution in [3.63, 3.8) is 0 Å². The molecule has 0 spiro atoms. The molecule has 7 heteroatoms. The Kier molecular flexibility index (Phi) is 5.41. The molecule has 1 rings (SSSR count). The third kappa shape index (κ3) is 5.03. The highest BCUT2D eigenvalue weighted by molar-refractivity contribution is 6.30. The van der Waals surface area contributed by atoms with Gasteiger partial charge >= 0.3 is 12.0 Å². The molecule has 0 aliphatic heterocycles. The van der Waals surface area contributed by atoms with E-state index in [-0.39, 0.29) is 13.1 Å². The van der Waals surface area contributed by atoms with Crippen molar-refractivity contribution < 1.29 is 19.8 Å². The maximum atomic E-state index is 11.3. The Morgan fingerprint density at radius 3 is 2.39 bits per heavy atom. The SMILES string of the molecule is O=C(NCc1ccc(Cl)cc1)NCC(O)C(=O)O. The molecule has 1 atom stereocenters. The maximum Gasteiger partial charge on any atom is 0.334 e. The van der Waals surface area contributed by atoms with E-state index in [2.05, 4.69) is 10.6 Å². The highest BCUT2D eigenvalue weighted by Gasteiger charge is 2.13. The molecule has 2 amide bonds. The first kappa shape index (κ1) is 14.3. The van der Waals surface area contributed by atoms with Crippen molar-refractivity contribution in [2.24, 2.45) is 0 Å². The van der Waals surface area contributed by atoms with Crippen LogP contribution in [0.3, 0.4) is 0 Å². The summed E-state index contributed by atoms with van der Waals surface area (Å²) in [6.45, 7) is -0.0616. The van der Waals surface area contributed by atoms with E-state index in [1.807, 2.05) is 0 Å². The zero-order valence-electron chi connectivity index (χ0n) is 9.39. The molecule has 0 radical (unpaired) electrons. The number of rotatable bonds is 5. The second-order valence-corrected chi connectivity index (χ2v) is 3.98. The van der Waals surface area contributed by atoms with Gasteiger partial charge in [-0.1, -0.05) is 23.7 Å². The molecule has 0 bridgehead atoms. The van der Waals surface area contributed by atoms with E-state index >= 15 is 0 Å². The molecule has 0 saturated heterocycles. The standard InChI is InChI=1S/C11H13ClN2O4/c12-8-3-1-7(2-4-8)5-13-11(18)14-6-9(15)10(16)17/h1-4,9,15H,5-6H2,(H,16,17)(H2,13,14,18). The lowest BCUT2D eigenvalue weighted by molar-refractivity contribution is -0.146. The van der Waals surface area contributed by atoms with Crippen LogP contribution >= 0.6 is 11.6 Å². The summed E-state index contributed by atoms with van der Waals surface area (Å²) in [5, 5.41) is 22.7. The van der Waals surface area contributed by atoms with Crippen LogP contribution in [0.25, 0.3) is 0 Å². The average Bonchev–Trinajstić information content (AvgIpc) is 2.35. The van der Waals surface area contributed by atoms with E-state index in [1.165, 1.54) is 0 Å². The molecule has 1 aromatic rings. The van der Waals surface area contributed by atoms with E-state index in [4.69, 9.17) is 21.8 Å². The number of hydrogen-bond donors (Lipinski definition) is 4. The summed E-state index contributed by atoms with van der Waals surface area (Å²) >= 11 is 5.71. The summed E-state index contributed by atoms with van der Waals surface area (Å²) in [4.78, 5) is 21.5. The van der Waals surface area contributed by atoms with Crippen LogP contribution in [0.2, 0.25) is 5.02 Å². The lowest BCUT2D eigenvalue weighted by Gasteiger charge is -2.09. The molecule has 0 heterocycles. The highest BCUT2D eigenvalue weighted by atomic mass is 35.5. The van der Waals surface area contributed by atoms with Crippen molar-refractivity contribution in [3.8, 4) is 0 Å². The predicted octanol–water partition coefficient (Wildman–Crippen LogP) is 0.585. The summed E-state index contributed by atoms with van der Waals surface area (Å²) in [5.74, 6) is -1.38. The molecule has 1 unspecified atom stereocenters. The third-order valence-corrected chi connectivity index (χ3v) is 2.36. The fraction of sp³-hybridized carbons (Fsp3) is 0.273. The molecule has 1 aromatic carbocycles. The molecule has 0 aliphatic rings. The Balaban J connectivity index is 2.29. The van der Waals surface area contributed by atoms with Gasteiger partial charge in [0.05, 0.1) is 6.54 Å². The van der Waals surface area contributed by atoms with Gasteiger partial charge in [-0.25, -0.2) is 9.59 Å². The Labute approximate surface area is 109 Å². The third-order valence-electron chi connectivity index (χ3n) is 2.11. The zero-order chi connectivity index (χ0) is 13.5. The number of carbonyl (C=O) groups excluding carboxylic acids is 1. The Morgan fingerprint density at radius 2 is 1.83 bits per heavy atom. The molecular formula is C11H13ClN2O4. The number of carboxylic acid groups (broad SMARTS) is 1. The van der Waals surface area contributed by atoms with E-state index in [9.17, 15) is 9.59 Å². The zero-order valence-corrected chi connectivity index (χ0v) is 10.1. The van der Waals surface area contributed by atoms with Gasteiger partial charge in [0, 0.05) is 11.6 Å². The first-order chi connectivity index (χ1) is 8.49. The fourth-order valence-corrected chi connectivity index (χ4v) is 1.25. The van der Waals surface area contributed by atoms with Crippen molar-refractivity contribution in [3.05, 3.63) is 34.9 Å². The molecular weight excluding hydrogens is 260 g/mol. The van der Waals surface area contributed by atoms with Crippen molar-refractivity contribution in [2.45, 2.75) is 12.6 Å². The lowest BCUT2D eigenvalue weighted by atomic mass is 10.2. The Bertz CT molecular complexity index is 422. The molecule has 98 valence electrons. The predicted molar refractivity (Wildman–Crippen MR) is 65.3 cm³/mol. The number of halogens is 1. The number of urea groups is 1. The number of carboxylic acids is 1. The van der Waals surface area contributed by atoms with Crippen LogP contribution in [-0.2, 0) is 11.3 Å². The number of aliphatic carboxylic acids is 1. The summed E-state index contributed by atoms with van der Waals surface area (Å²) < 4.78 is 0. The average molecular weight is 273 g/mol. The van der Waals surface area contributed by atoms with Gasteiger partial charge in [-0.05, 0) is 17.7 Å². The van der Waals surface area contributed by atoms with Crippen molar-refractivity contribution in [1.82, 2.24) is 10.6 Å². The van der Waals surface area contributed by atoms with Crippen LogP contribution in [0.5, 0.6) is 0 Å². The first-order valence-electron chi connectivity index (χ1n) is 5.16. The smallest absolute Gasteiger partial charge is 0.334 e. The van der Waals surface area contributed by atoms with Gasteiger partial charge in [0.15, 0.2) is 6.10 Å². The molecule has 4 N–H and O–H groups in total. The minimum absolute atomic E-state index is 0.284. The largest absolute Gasteiger partial charge is 0.479 e. The van der Waals surface area contributed by atoms with Crippen LogP contribution in [0, 0.1) is 0 Å². The quantitative estimate of drug-likeness (QED) is 0.630. The van der Waals surface area contributed by atoms with Gasteiger partial charge in [-0.2, -0.15) is 0 Å². The molecule has 6 nitrogen and oxygen atoms in total. The van der Waals surface area contributed by atoms with Gasteiger partial charge in [0.25, 0.3) is 0 Å². The van der Waals surface area contributed by atoms with Gasteiger partial charge in [-0.3, -0.25) is 0 Å². The maximum absolute atomic E-state index is 11.3. The topological polar surface area (TPSA) is 98.7 Å². The summed E-state index contributed by atoms with van der Waals surface area (Å²) in [6.07, 6.45) is -1.61. The second-order valence-electron chi connectivity index (χ2n) is 3.54. The van der Waals surface area contributed by atoms with Crippen molar-refractivity contribution in [2.75, 3.05) is 6.54 Å². The Hall–Kier alpha value is -1.79. The van der Waals surface area contributed by atoms with Gasteiger partial charge in [0.2, 0.25) is 0 Å². The minimum Gasteiger partial charge on any atom is -0.479 e. The molecule has 0 aliphatic carbocycles. The van der Waals surface area contributed by atoms with Crippen molar-refractivity contribution in [1.29, 1.82) is 0 Å². The van der Waals surface area contributed by atoms with E-state index in [0.717, 1.165) is 5.56 Å². The van der Waals surface area contributed by atoms with E-state index < -0.39 is 18.1 Å². The van der Waals surface area contributed by atoms with Gasteiger partial charge in [-0.15, -0.1) is 0 Å². The molecule has 0 aromatic heterocycles. The number of aliphatic hydroxyl groups is 1. The number of benzene rings is 1. The fourth-order valence-electron chi connectivity index (χ4n) is 1.12. The monoisotopic (exact) mass is 272 g/mol. The van der Waals surface area contributed by atoms with Crippen molar-refractivity contribution >= 4 is 23.6 Å². The summed E-state index contributed by atoms with van der Waals surface area (Å²) in [6, 6.07) is 6.36. The first-order valence-corrected chi connectivity index (χ1v) is 5.54. The van der Waals surface area contributed by atoms with Gasteiger partial charge < -0.3 is 20.8 Å². The lowest BCUT2D eigenvalue weighted by Crippen LogP contribution is -2.41. The van der Waals surface area contributed by atoms with E-state index in [1.54, 1.807) is 24.3 Å². The van der Waals surface area contributed by atoms with Crippen LogP contribution < -0.4 is 10.6 Å². The minimum atomic E-state index is -1.61. The van der Waals surface area contributed by atoms with Crippen LogP contribution in [-0.4, -0.2) is 34.9 Å². The van der Waals surface area contributed by atoms with Crippen LogP contribution in [0.4, 0.5) is 4.79 Å². The second kappa shape index (κ2) is 6.83. The molecule has 0 fully saturated rings. The number of amides is 2. The van der Waals surface area contributed by atoms with Crippen LogP contribution in [0.15, 0.2) is 24.3 Å². The van der Waals surface area contributed by atoms with Gasteiger partial charge in [0.1, 0.15) is 0 Å². The molecule has 0 saturated carbocycles. The van der Waals surface area contributed by atoms with E-state index in [0.29, 0.717) is 5.02 Å². The van der Waals surface area contributed by atoms with Crippen LogP contribution in [0.1, 0.15) is 5.56 Å². The Morgan fingerprint density at radius 1 is 1.22 bits per heavy atom. The summed E-state index contributed by atoms with van der Waals surface area (Å²) in [7, 11) is 0. The number of carbonyl (C=O) groups is 2. The number of hydrogen-bond acceptors (Lipinski definition) is 3.